The van der Waals surface area contributed by atoms with Crippen molar-refractivity contribution in [2.75, 3.05) is 19.6 Å². The fourth-order valence-electron chi connectivity index (χ4n) is 3.61. The lowest BCUT2D eigenvalue weighted by Gasteiger charge is -2.38. The molecule has 120 valence electrons. The minimum Gasteiger partial charge on any atom is -0.356 e. The Morgan fingerprint density at radius 3 is 2.83 bits per heavy atom. The minimum atomic E-state index is 0.0308. The number of pyridine rings is 1. The number of aromatic amines is 1. The second kappa shape index (κ2) is 5.33. The Bertz CT molecular complexity index is 792. The van der Waals surface area contributed by atoms with Gasteiger partial charge in [0.1, 0.15) is 5.65 Å². The Kier molecular flexibility index (Phi) is 3.41. The molecule has 2 fully saturated rings. The van der Waals surface area contributed by atoms with E-state index in [4.69, 9.17) is 0 Å². The van der Waals surface area contributed by atoms with Crippen molar-refractivity contribution in [3.05, 3.63) is 28.5 Å². The number of hydrogen-bond donors (Lipinski definition) is 2. The molecule has 0 saturated carbocycles. The molecule has 0 atom stereocenters. The van der Waals surface area contributed by atoms with E-state index in [0.29, 0.717) is 25.1 Å². The Labute approximate surface area is 141 Å². The molecule has 2 amide bonds. The van der Waals surface area contributed by atoms with Gasteiger partial charge in [0.2, 0.25) is 5.91 Å². The lowest BCUT2D eigenvalue weighted by atomic mass is 9.77. The zero-order valence-electron chi connectivity index (χ0n) is 12.6. The van der Waals surface area contributed by atoms with Crippen molar-refractivity contribution in [2.45, 2.75) is 19.3 Å². The molecule has 0 radical (unpaired) electrons. The van der Waals surface area contributed by atoms with Gasteiger partial charge in [-0.3, -0.25) is 9.59 Å². The summed E-state index contributed by atoms with van der Waals surface area (Å²) < 4.78 is 0.854. The third-order valence-corrected chi connectivity index (χ3v) is 5.47. The summed E-state index contributed by atoms with van der Waals surface area (Å²) >= 11 is 3.40. The van der Waals surface area contributed by atoms with Crippen LogP contribution in [0.1, 0.15) is 29.6 Å². The highest BCUT2D eigenvalue weighted by atomic mass is 79.9. The van der Waals surface area contributed by atoms with Crippen LogP contribution in [0.4, 0.5) is 0 Å². The highest BCUT2D eigenvalue weighted by molar-refractivity contribution is 9.10. The van der Waals surface area contributed by atoms with Crippen LogP contribution in [-0.4, -0.2) is 46.3 Å². The fourth-order valence-corrected chi connectivity index (χ4v) is 3.95. The zero-order valence-corrected chi connectivity index (χ0v) is 14.1. The van der Waals surface area contributed by atoms with Gasteiger partial charge in [0, 0.05) is 48.3 Å². The molecule has 2 N–H and O–H groups in total. The number of carbonyl (C=O) groups is 2. The molecular weight excluding hydrogens is 360 g/mol. The highest BCUT2D eigenvalue weighted by Gasteiger charge is 2.41. The van der Waals surface area contributed by atoms with E-state index in [1.807, 2.05) is 11.0 Å². The van der Waals surface area contributed by atoms with Crippen LogP contribution in [-0.2, 0) is 4.79 Å². The monoisotopic (exact) mass is 376 g/mol. The summed E-state index contributed by atoms with van der Waals surface area (Å²) in [5.41, 5.74) is 1.43. The molecule has 2 aliphatic heterocycles. The Morgan fingerprint density at radius 2 is 2.13 bits per heavy atom. The first-order chi connectivity index (χ1) is 11.1. The predicted octanol–water partition coefficient (Wildman–Crippen LogP) is 2.07. The lowest BCUT2D eigenvalue weighted by molar-refractivity contribution is -0.119. The molecule has 6 nitrogen and oxygen atoms in total. The minimum absolute atomic E-state index is 0.0308. The average molecular weight is 377 g/mol. The Morgan fingerprint density at radius 1 is 1.35 bits per heavy atom. The van der Waals surface area contributed by atoms with Gasteiger partial charge in [0.05, 0.1) is 5.56 Å². The molecule has 4 rings (SSSR count). The van der Waals surface area contributed by atoms with Crippen molar-refractivity contribution < 1.29 is 9.59 Å². The van der Waals surface area contributed by atoms with Gasteiger partial charge in [-0.05, 0) is 40.3 Å². The van der Waals surface area contributed by atoms with Gasteiger partial charge in [-0.15, -0.1) is 0 Å². The van der Waals surface area contributed by atoms with Crippen molar-refractivity contribution in [3.63, 3.8) is 0 Å². The van der Waals surface area contributed by atoms with Crippen LogP contribution >= 0.6 is 15.9 Å². The SMILES string of the molecule is O=C1CC2(CCN(C(=O)c3c[nH]c4ncc(Br)cc34)CC2)CN1. The van der Waals surface area contributed by atoms with Crippen LogP contribution in [0.15, 0.2) is 22.9 Å². The molecule has 0 aliphatic carbocycles. The third kappa shape index (κ3) is 2.52. The van der Waals surface area contributed by atoms with Crippen LogP contribution in [0.3, 0.4) is 0 Å². The van der Waals surface area contributed by atoms with Crippen LogP contribution < -0.4 is 5.32 Å². The van der Waals surface area contributed by atoms with Gasteiger partial charge >= 0.3 is 0 Å². The summed E-state index contributed by atoms with van der Waals surface area (Å²) in [6.07, 6.45) is 5.79. The summed E-state index contributed by atoms with van der Waals surface area (Å²) in [5, 5.41) is 3.76. The molecule has 7 heteroatoms. The first-order valence-corrected chi connectivity index (χ1v) is 8.54. The van der Waals surface area contributed by atoms with Crippen LogP contribution in [0.5, 0.6) is 0 Å². The average Bonchev–Trinajstić information content (AvgIpc) is 3.11. The van der Waals surface area contributed by atoms with E-state index in [2.05, 4.69) is 31.2 Å². The first-order valence-electron chi connectivity index (χ1n) is 7.75. The molecule has 1 spiro atoms. The molecule has 2 aliphatic rings. The van der Waals surface area contributed by atoms with Gasteiger partial charge in [-0.2, -0.15) is 0 Å². The van der Waals surface area contributed by atoms with Gasteiger partial charge in [0.25, 0.3) is 5.91 Å². The maximum atomic E-state index is 12.8. The van der Waals surface area contributed by atoms with Gasteiger partial charge < -0.3 is 15.2 Å². The maximum absolute atomic E-state index is 12.8. The molecule has 0 unspecified atom stereocenters. The third-order valence-electron chi connectivity index (χ3n) is 5.04. The van der Waals surface area contributed by atoms with Crippen molar-refractivity contribution in [1.29, 1.82) is 0 Å². The predicted molar refractivity (Wildman–Crippen MR) is 89.0 cm³/mol. The number of nitrogens with one attached hydrogen (secondary N) is 2. The van der Waals surface area contributed by atoms with Crippen molar-refractivity contribution in [3.8, 4) is 0 Å². The Hall–Kier alpha value is -1.89. The summed E-state index contributed by atoms with van der Waals surface area (Å²) in [6.45, 7) is 2.14. The molecule has 23 heavy (non-hydrogen) atoms. The van der Waals surface area contributed by atoms with E-state index in [9.17, 15) is 9.59 Å². The zero-order chi connectivity index (χ0) is 16.0. The van der Waals surface area contributed by atoms with Crippen molar-refractivity contribution in [2.24, 2.45) is 5.41 Å². The molecule has 4 heterocycles. The van der Waals surface area contributed by atoms with Crippen molar-refractivity contribution in [1.82, 2.24) is 20.2 Å². The van der Waals surface area contributed by atoms with Crippen LogP contribution in [0, 0.1) is 5.41 Å². The highest BCUT2D eigenvalue weighted by Crippen LogP contribution is 2.38. The quantitative estimate of drug-likeness (QED) is 0.799. The van der Waals surface area contributed by atoms with E-state index >= 15 is 0 Å². The normalized spacial score (nSPS) is 20.2. The largest absolute Gasteiger partial charge is 0.356 e. The number of fused-ring (bicyclic) bond motifs is 1. The number of H-pyrrole nitrogens is 1. The Balaban J connectivity index is 1.53. The smallest absolute Gasteiger partial charge is 0.256 e. The second-order valence-corrected chi connectivity index (χ2v) is 7.41. The molecule has 0 aromatic carbocycles. The number of amides is 2. The topological polar surface area (TPSA) is 78.1 Å². The number of rotatable bonds is 1. The number of halogens is 1. The van der Waals surface area contributed by atoms with Crippen LogP contribution in [0.25, 0.3) is 11.0 Å². The first kappa shape index (κ1) is 14.7. The number of piperidine rings is 1. The number of likely N-dealkylation sites (tertiary alicyclic amines) is 1. The van der Waals surface area contributed by atoms with E-state index < -0.39 is 0 Å². The maximum Gasteiger partial charge on any atom is 0.256 e. The number of hydrogen-bond acceptors (Lipinski definition) is 3. The standard InChI is InChI=1S/C16H17BrN4O2/c17-10-5-11-12(8-19-14(11)18-7-10)15(23)21-3-1-16(2-4-21)6-13(22)20-9-16/h5,7-8H,1-4,6,9H2,(H,18,19)(H,20,22). The van der Waals surface area contributed by atoms with Gasteiger partial charge in [0.15, 0.2) is 0 Å². The fraction of sp³-hybridized carbons (Fsp3) is 0.438. The summed E-state index contributed by atoms with van der Waals surface area (Å²) in [4.78, 5) is 33.5. The number of aromatic nitrogens is 2. The summed E-state index contributed by atoms with van der Waals surface area (Å²) in [7, 11) is 0. The lowest BCUT2D eigenvalue weighted by Crippen LogP contribution is -2.44. The molecular formula is C16H17BrN4O2. The van der Waals surface area contributed by atoms with Gasteiger partial charge in [-0.25, -0.2) is 4.98 Å². The molecule has 0 bridgehead atoms. The van der Waals surface area contributed by atoms with E-state index in [1.54, 1.807) is 12.4 Å². The number of carbonyl (C=O) groups excluding carboxylic acids is 2. The number of nitrogens with zero attached hydrogens (tertiary/aromatic N) is 2. The van der Waals surface area contributed by atoms with Crippen LogP contribution in [0.2, 0.25) is 0 Å². The van der Waals surface area contributed by atoms with Gasteiger partial charge in [-0.1, -0.05) is 0 Å². The van der Waals surface area contributed by atoms with E-state index in [-0.39, 0.29) is 17.2 Å². The molecule has 2 saturated heterocycles. The summed E-state index contributed by atoms with van der Waals surface area (Å²) in [6, 6.07) is 1.91. The molecule has 2 aromatic rings. The van der Waals surface area contributed by atoms with E-state index in [1.165, 1.54) is 0 Å². The summed E-state index contributed by atoms with van der Waals surface area (Å²) in [5.74, 6) is 0.167. The van der Waals surface area contributed by atoms with E-state index in [0.717, 1.165) is 34.9 Å². The van der Waals surface area contributed by atoms with Crippen molar-refractivity contribution >= 4 is 38.8 Å². The molecule has 2 aromatic heterocycles. The second-order valence-electron chi connectivity index (χ2n) is 6.50.